The van der Waals surface area contributed by atoms with Crippen molar-refractivity contribution >= 4 is 11.4 Å². The fourth-order valence-electron chi connectivity index (χ4n) is 2.61. The van der Waals surface area contributed by atoms with Crippen LogP contribution in [0.25, 0.3) is 0 Å². The standard InChI is InChI=1S/C19H22F3N5O2/c1-11-7-6-8-14(17(27-28-5)13(3)23-4)16(11)10-29-26-12(2)15-9-24-25-18(15)19(20,21)22/h6-9,23H,3,10H2,1-2,4-5H3,(H,24,25)/b26-12+,27-17-. The number of hydrogen-bond donors (Lipinski definition) is 2. The Bertz CT molecular complexity index is 932. The zero-order chi connectivity index (χ0) is 21.6. The first-order valence-electron chi connectivity index (χ1n) is 8.55. The topological polar surface area (TPSA) is 83.9 Å². The van der Waals surface area contributed by atoms with Gasteiger partial charge in [0.15, 0.2) is 0 Å². The van der Waals surface area contributed by atoms with Gasteiger partial charge in [0.05, 0.1) is 17.6 Å². The second-order valence-corrected chi connectivity index (χ2v) is 6.06. The molecule has 0 atom stereocenters. The lowest BCUT2D eigenvalue weighted by molar-refractivity contribution is -0.141. The number of likely N-dealkylation sites (N-methyl/N-ethyl adjacent to an activating group) is 1. The fraction of sp³-hybridized carbons (Fsp3) is 0.316. The second-order valence-electron chi connectivity index (χ2n) is 6.06. The number of nitrogens with zero attached hydrogens (tertiary/aromatic N) is 3. The summed E-state index contributed by atoms with van der Waals surface area (Å²) in [5.41, 5.74) is 2.26. The molecule has 0 bridgehead atoms. The van der Waals surface area contributed by atoms with E-state index in [0.717, 1.165) is 17.3 Å². The van der Waals surface area contributed by atoms with Crippen molar-refractivity contribution in [2.24, 2.45) is 10.3 Å². The van der Waals surface area contributed by atoms with E-state index in [9.17, 15) is 13.2 Å². The number of aryl methyl sites for hydroxylation is 1. The van der Waals surface area contributed by atoms with E-state index in [1.807, 2.05) is 30.2 Å². The molecule has 0 radical (unpaired) electrons. The van der Waals surface area contributed by atoms with Gasteiger partial charge in [-0.2, -0.15) is 18.3 Å². The van der Waals surface area contributed by atoms with Gasteiger partial charge in [0.2, 0.25) is 0 Å². The van der Waals surface area contributed by atoms with Crippen LogP contribution in [0.15, 0.2) is 47.0 Å². The van der Waals surface area contributed by atoms with E-state index in [1.165, 1.54) is 14.0 Å². The van der Waals surface area contributed by atoms with Crippen molar-refractivity contribution < 1.29 is 22.8 Å². The van der Waals surface area contributed by atoms with E-state index < -0.39 is 11.9 Å². The number of allylic oxidation sites excluding steroid dienone is 1. The largest absolute Gasteiger partial charge is 0.433 e. The van der Waals surface area contributed by atoms with Crippen molar-refractivity contribution in [3.63, 3.8) is 0 Å². The van der Waals surface area contributed by atoms with Crippen molar-refractivity contribution in [3.05, 3.63) is 64.6 Å². The van der Waals surface area contributed by atoms with Crippen molar-refractivity contribution in [3.8, 4) is 0 Å². The molecule has 0 saturated heterocycles. The zero-order valence-corrected chi connectivity index (χ0v) is 16.5. The maximum atomic E-state index is 13.0. The Labute approximate surface area is 166 Å². The highest BCUT2D eigenvalue weighted by atomic mass is 19.4. The molecule has 10 heteroatoms. The van der Waals surface area contributed by atoms with Crippen LogP contribution in [0.3, 0.4) is 0 Å². The molecule has 1 heterocycles. The van der Waals surface area contributed by atoms with Gasteiger partial charge in [-0.25, -0.2) is 0 Å². The number of aromatic nitrogens is 2. The van der Waals surface area contributed by atoms with E-state index in [4.69, 9.17) is 9.68 Å². The molecule has 0 fully saturated rings. The highest BCUT2D eigenvalue weighted by molar-refractivity contribution is 6.12. The summed E-state index contributed by atoms with van der Waals surface area (Å²) >= 11 is 0. The van der Waals surface area contributed by atoms with Gasteiger partial charge >= 0.3 is 6.18 Å². The van der Waals surface area contributed by atoms with Crippen LogP contribution in [-0.4, -0.2) is 35.8 Å². The number of halogens is 3. The van der Waals surface area contributed by atoms with Crippen molar-refractivity contribution in [2.75, 3.05) is 14.2 Å². The molecular weight excluding hydrogens is 387 g/mol. The van der Waals surface area contributed by atoms with Gasteiger partial charge in [-0.3, -0.25) is 5.10 Å². The van der Waals surface area contributed by atoms with E-state index in [0.29, 0.717) is 17.0 Å². The lowest BCUT2D eigenvalue weighted by Crippen LogP contribution is -2.18. The summed E-state index contributed by atoms with van der Waals surface area (Å²) in [5, 5.41) is 16.2. The highest BCUT2D eigenvalue weighted by Crippen LogP contribution is 2.30. The number of hydrogen-bond acceptors (Lipinski definition) is 6. The molecule has 1 aromatic heterocycles. The summed E-state index contributed by atoms with van der Waals surface area (Å²) in [6.45, 7) is 7.21. The Morgan fingerprint density at radius 1 is 1.28 bits per heavy atom. The Morgan fingerprint density at radius 3 is 2.62 bits per heavy atom. The molecule has 2 N–H and O–H groups in total. The van der Waals surface area contributed by atoms with Crippen molar-refractivity contribution in [2.45, 2.75) is 26.6 Å². The summed E-state index contributed by atoms with van der Waals surface area (Å²) in [5.74, 6) is 0. The van der Waals surface area contributed by atoms with Gasteiger partial charge in [0.25, 0.3) is 0 Å². The molecule has 0 aliphatic rings. The number of benzene rings is 1. The third kappa shape index (κ3) is 5.15. The fourth-order valence-corrected chi connectivity index (χ4v) is 2.61. The molecule has 156 valence electrons. The van der Waals surface area contributed by atoms with Crippen LogP contribution in [0.5, 0.6) is 0 Å². The Hall–Kier alpha value is -3.30. The molecule has 0 saturated carbocycles. The van der Waals surface area contributed by atoms with Crippen LogP contribution >= 0.6 is 0 Å². The Kier molecular flexibility index (Phi) is 7.03. The number of nitrogens with one attached hydrogen (secondary N) is 2. The minimum atomic E-state index is -4.56. The third-order valence-electron chi connectivity index (χ3n) is 4.16. The predicted octanol–water partition coefficient (Wildman–Crippen LogP) is 3.76. The zero-order valence-electron chi connectivity index (χ0n) is 16.5. The third-order valence-corrected chi connectivity index (χ3v) is 4.16. The normalized spacial score (nSPS) is 12.7. The second kappa shape index (κ2) is 9.26. The molecule has 0 amide bonds. The molecule has 7 nitrogen and oxygen atoms in total. The first kappa shape index (κ1) is 22.0. The van der Waals surface area contributed by atoms with Crippen LogP contribution in [0.2, 0.25) is 0 Å². The first-order chi connectivity index (χ1) is 13.7. The summed E-state index contributed by atoms with van der Waals surface area (Å²) in [6.07, 6.45) is -3.50. The Morgan fingerprint density at radius 2 is 2.00 bits per heavy atom. The van der Waals surface area contributed by atoms with Crippen LogP contribution < -0.4 is 5.32 Å². The molecule has 2 rings (SSSR count). The predicted molar refractivity (Wildman–Crippen MR) is 104 cm³/mol. The first-order valence-corrected chi connectivity index (χ1v) is 8.55. The molecule has 29 heavy (non-hydrogen) atoms. The summed E-state index contributed by atoms with van der Waals surface area (Å²) in [7, 11) is 3.13. The number of alkyl halides is 3. The molecular formula is C19H22F3N5O2. The minimum Gasteiger partial charge on any atom is -0.399 e. The van der Waals surface area contributed by atoms with Gasteiger partial charge < -0.3 is 15.0 Å². The van der Waals surface area contributed by atoms with E-state index in [-0.39, 0.29) is 17.9 Å². The average molecular weight is 409 g/mol. The minimum absolute atomic E-state index is 0.0122. The molecule has 0 spiro atoms. The van der Waals surface area contributed by atoms with Gasteiger partial charge in [-0.05, 0) is 19.4 Å². The number of aromatic amines is 1. The lowest BCUT2D eigenvalue weighted by atomic mass is 9.97. The number of rotatable bonds is 8. The monoisotopic (exact) mass is 409 g/mol. The van der Waals surface area contributed by atoms with Crippen LogP contribution in [0.4, 0.5) is 13.2 Å². The van der Waals surface area contributed by atoms with Gasteiger partial charge in [-0.15, -0.1) is 0 Å². The maximum absolute atomic E-state index is 13.0. The van der Waals surface area contributed by atoms with Crippen LogP contribution in [0, 0.1) is 6.92 Å². The van der Waals surface area contributed by atoms with Crippen molar-refractivity contribution in [1.82, 2.24) is 15.5 Å². The summed E-state index contributed by atoms with van der Waals surface area (Å²) < 4.78 is 39.0. The van der Waals surface area contributed by atoms with Gasteiger partial charge in [-0.1, -0.05) is 35.1 Å². The Balaban J connectivity index is 2.30. The van der Waals surface area contributed by atoms with Crippen LogP contribution in [0.1, 0.15) is 34.9 Å². The molecule has 0 aliphatic carbocycles. The number of oxime groups is 2. The van der Waals surface area contributed by atoms with E-state index in [2.05, 4.69) is 27.3 Å². The molecule has 0 aliphatic heterocycles. The average Bonchev–Trinajstić information content (AvgIpc) is 3.17. The van der Waals surface area contributed by atoms with Crippen LogP contribution in [-0.2, 0) is 22.5 Å². The highest BCUT2D eigenvalue weighted by Gasteiger charge is 2.36. The number of H-pyrrole nitrogens is 1. The smallest absolute Gasteiger partial charge is 0.399 e. The molecule has 2 aromatic rings. The van der Waals surface area contributed by atoms with Crippen molar-refractivity contribution in [1.29, 1.82) is 0 Å². The lowest BCUT2D eigenvalue weighted by Gasteiger charge is -2.15. The van der Waals surface area contributed by atoms with Gasteiger partial charge in [0, 0.05) is 23.7 Å². The van der Waals surface area contributed by atoms with Gasteiger partial charge in [0.1, 0.15) is 25.1 Å². The SMILES string of the molecule is C=C(NC)/C(=N/OC)c1cccc(C)c1CO/N=C(\C)c1cn[nH]c1C(F)(F)F. The maximum Gasteiger partial charge on any atom is 0.433 e. The summed E-state index contributed by atoms with van der Waals surface area (Å²) in [6, 6.07) is 5.54. The molecule has 0 unspecified atom stereocenters. The van der Waals surface area contributed by atoms with E-state index >= 15 is 0 Å². The quantitative estimate of drug-likeness (QED) is 0.514. The van der Waals surface area contributed by atoms with E-state index in [1.54, 1.807) is 7.05 Å². The molecule has 1 aromatic carbocycles. The summed E-state index contributed by atoms with van der Waals surface area (Å²) in [4.78, 5) is 10.3.